The third-order valence-electron chi connectivity index (χ3n) is 3.32. The lowest BCUT2D eigenvalue weighted by Crippen LogP contribution is -2.02. The Morgan fingerprint density at radius 2 is 2.11 bits per heavy atom. The number of nitrogens with zero attached hydrogens (tertiary/aromatic N) is 2. The van der Waals surface area contributed by atoms with E-state index in [-0.39, 0.29) is 5.63 Å². The van der Waals surface area contributed by atoms with Crippen LogP contribution in [0.5, 0.6) is 0 Å². The van der Waals surface area contributed by atoms with Crippen LogP contribution in [-0.2, 0) is 0 Å². The zero-order valence-corrected chi connectivity index (χ0v) is 10.3. The van der Waals surface area contributed by atoms with Gasteiger partial charge >= 0.3 is 5.63 Å². The summed E-state index contributed by atoms with van der Waals surface area (Å²) in [4.78, 5) is 16.7. The first-order valence-corrected chi connectivity index (χ1v) is 6.04. The number of hydrogen-bond donors (Lipinski definition) is 0. The molecule has 0 aliphatic heterocycles. The lowest BCUT2D eigenvalue weighted by atomic mass is 10.1. The molecule has 4 heteroatoms. The van der Waals surface area contributed by atoms with E-state index in [1.54, 1.807) is 4.40 Å². The predicted octanol–water partition coefficient (Wildman–Crippen LogP) is 2.90. The summed E-state index contributed by atoms with van der Waals surface area (Å²) in [6.07, 6.45) is 1.82. The topological polar surface area (TPSA) is 47.5 Å². The third-order valence-corrected chi connectivity index (χ3v) is 3.32. The molecule has 0 bridgehead atoms. The summed E-state index contributed by atoms with van der Waals surface area (Å²) in [5.74, 6) is 0. The Morgan fingerprint density at radius 3 is 3.00 bits per heavy atom. The Kier molecular flexibility index (Phi) is 1.87. The van der Waals surface area contributed by atoms with Crippen LogP contribution in [0.1, 0.15) is 5.56 Å². The van der Waals surface area contributed by atoms with Crippen LogP contribution in [-0.4, -0.2) is 9.38 Å². The molecule has 4 nitrogen and oxygen atoms in total. The molecule has 0 radical (unpaired) electrons. The van der Waals surface area contributed by atoms with Crippen molar-refractivity contribution in [1.82, 2.24) is 9.38 Å². The van der Waals surface area contributed by atoms with Crippen LogP contribution >= 0.6 is 0 Å². The SMILES string of the molecule is Cc1ccc2c(c1)oc(=O)c1c2nc2ccccn21. The zero-order chi connectivity index (χ0) is 13.0. The summed E-state index contributed by atoms with van der Waals surface area (Å²) in [6, 6.07) is 11.4. The van der Waals surface area contributed by atoms with Crippen molar-refractivity contribution in [1.29, 1.82) is 0 Å². The van der Waals surface area contributed by atoms with Gasteiger partial charge in [-0.05, 0) is 36.8 Å². The monoisotopic (exact) mass is 250 g/mol. The summed E-state index contributed by atoms with van der Waals surface area (Å²) in [6.45, 7) is 1.97. The number of fused-ring (bicyclic) bond motifs is 5. The molecule has 92 valence electrons. The van der Waals surface area contributed by atoms with Crippen molar-refractivity contribution in [3.05, 3.63) is 58.6 Å². The highest BCUT2D eigenvalue weighted by atomic mass is 16.4. The molecule has 3 aromatic heterocycles. The minimum Gasteiger partial charge on any atom is -0.421 e. The van der Waals surface area contributed by atoms with Crippen molar-refractivity contribution in [3.63, 3.8) is 0 Å². The summed E-state index contributed by atoms with van der Waals surface area (Å²) < 4.78 is 7.17. The first-order valence-electron chi connectivity index (χ1n) is 6.04. The number of aryl methyl sites for hydroxylation is 1. The van der Waals surface area contributed by atoms with Gasteiger partial charge in [-0.3, -0.25) is 4.40 Å². The highest BCUT2D eigenvalue weighted by Crippen LogP contribution is 2.23. The average Bonchev–Trinajstić information content (AvgIpc) is 2.78. The van der Waals surface area contributed by atoms with E-state index < -0.39 is 0 Å². The summed E-state index contributed by atoms with van der Waals surface area (Å²) >= 11 is 0. The zero-order valence-electron chi connectivity index (χ0n) is 10.3. The van der Waals surface area contributed by atoms with E-state index in [1.807, 2.05) is 49.5 Å². The van der Waals surface area contributed by atoms with E-state index in [2.05, 4.69) is 4.98 Å². The number of pyridine rings is 1. The van der Waals surface area contributed by atoms with Crippen molar-refractivity contribution in [2.45, 2.75) is 6.92 Å². The number of hydrogen-bond acceptors (Lipinski definition) is 3. The molecule has 1 aromatic carbocycles. The van der Waals surface area contributed by atoms with Gasteiger partial charge in [0.15, 0.2) is 5.52 Å². The van der Waals surface area contributed by atoms with Crippen molar-refractivity contribution in [2.75, 3.05) is 0 Å². The summed E-state index contributed by atoms with van der Waals surface area (Å²) in [5.41, 5.74) is 3.22. The Bertz CT molecular complexity index is 995. The van der Waals surface area contributed by atoms with E-state index in [0.717, 1.165) is 16.6 Å². The molecule has 0 atom stereocenters. The quantitative estimate of drug-likeness (QED) is 0.451. The molecule has 0 fully saturated rings. The maximum Gasteiger partial charge on any atom is 0.363 e. The van der Waals surface area contributed by atoms with Crippen molar-refractivity contribution in [3.8, 4) is 0 Å². The fourth-order valence-electron chi connectivity index (χ4n) is 2.44. The van der Waals surface area contributed by atoms with Gasteiger partial charge in [-0.25, -0.2) is 9.78 Å². The molecular weight excluding hydrogens is 240 g/mol. The fraction of sp³-hybridized carbons (Fsp3) is 0.0667. The van der Waals surface area contributed by atoms with Crippen LogP contribution in [0.4, 0.5) is 0 Å². The molecule has 4 aromatic rings. The van der Waals surface area contributed by atoms with Gasteiger partial charge in [0.2, 0.25) is 0 Å². The van der Waals surface area contributed by atoms with Gasteiger partial charge in [-0.1, -0.05) is 12.1 Å². The van der Waals surface area contributed by atoms with E-state index in [1.165, 1.54) is 0 Å². The molecule has 0 aliphatic carbocycles. The van der Waals surface area contributed by atoms with E-state index in [9.17, 15) is 4.79 Å². The van der Waals surface area contributed by atoms with Gasteiger partial charge in [-0.15, -0.1) is 0 Å². The molecular formula is C15H10N2O2. The minimum absolute atomic E-state index is 0.355. The van der Waals surface area contributed by atoms with Gasteiger partial charge in [-0.2, -0.15) is 0 Å². The van der Waals surface area contributed by atoms with E-state index in [0.29, 0.717) is 16.6 Å². The van der Waals surface area contributed by atoms with Crippen LogP contribution in [0.3, 0.4) is 0 Å². The van der Waals surface area contributed by atoms with Gasteiger partial charge in [0.1, 0.15) is 16.7 Å². The smallest absolute Gasteiger partial charge is 0.363 e. The first kappa shape index (κ1) is 10.3. The maximum absolute atomic E-state index is 12.2. The van der Waals surface area contributed by atoms with Crippen LogP contribution in [0.25, 0.3) is 27.6 Å². The Hall–Kier alpha value is -2.62. The minimum atomic E-state index is -0.355. The largest absolute Gasteiger partial charge is 0.421 e. The van der Waals surface area contributed by atoms with Gasteiger partial charge in [0.05, 0.1) is 0 Å². The number of aromatic nitrogens is 2. The van der Waals surface area contributed by atoms with Gasteiger partial charge in [0.25, 0.3) is 0 Å². The van der Waals surface area contributed by atoms with Gasteiger partial charge < -0.3 is 4.42 Å². The molecule has 0 saturated heterocycles. The van der Waals surface area contributed by atoms with Crippen molar-refractivity contribution >= 4 is 27.6 Å². The molecule has 4 rings (SSSR count). The Labute approximate surface area is 107 Å². The standard InChI is InChI=1S/C15H10N2O2/c1-9-5-6-10-11(8-9)19-15(18)14-13(10)16-12-4-2-3-7-17(12)14/h2-8H,1H3. The average molecular weight is 250 g/mol. The molecule has 0 N–H and O–H groups in total. The second-order valence-corrected chi connectivity index (χ2v) is 4.63. The first-order chi connectivity index (χ1) is 9.24. The molecule has 0 unspecified atom stereocenters. The highest BCUT2D eigenvalue weighted by Gasteiger charge is 2.13. The molecule has 19 heavy (non-hydrogen) atoms. The van der Waals surface area contributed by atoms with Gasteiger partial charge in [0, 0.05) is 11.6 Å². The molecule has 0 spiro atoms. The van der Waals surface area contributed by atoms with Crippen LogP contribution < -0.4 is 5.63 Å². The molecule has 0 aliphatic rings. The molecule has 0 amide bonds. The second kappa shape index (κ2) is 3.45. The Morgan fingerprint density at radius 1 is 1.21 bits per heavy atom. The van der Waals surface area contributed by atoms with Crippen LogP contribution in [0.15, 0.2) is 51.8 Å². The lowest BCUT2D eigenvalue weighted by molar-refractivity contribution is 0.567. The number of imidazole rings is 1. The summed E-state index contributed by atoms with van der Waals surface area (Å²) in [7, 11) is 0. The van der Waals surface area contributed by atoms with E-state index in [4.69, 9.17) is 4.42 Å². The number of rotatable bonds is 0. The van der Waals surface area contributed by atoms with Crippen LogP contribution in [0.2, 0.25) is 0 Å². The lowest BCUT2D eigenvalue weighted by Gasteiger charge is -1.99. The highest BCUT2D eigenvalue weighted by molar-refractivity contribution is 6.02. The fourth-order valence-corrected chi connectivity index (χ4v) is 2.44. The summed E-state index contributed by atoms with van der Waals surface area (Å²) in [5, 5.41) is 0.865. The van der Waals surface area contributed by atoms with E-state index >= 15 is 0 Å². The maximum atomic E-state index is 12.2. The Balaban J connectivity index is 2.36. The van der Waals surface area contributed by atoms with Crippen molar-refractivity contribution in [2.24, 2.45) is 0 Å². The third kappa shape index (κ3) is 1.34. The second-order valence-electron chi connectivity index (χ2n) is 4.63. The number of benzene rings is 1. The van der Waals surface area contributed by atoms with Crippen molar-refractivity contribution < 1.29 is 4.42 Å². The van der Waals surface area contributed by atoms with Crippen LogP contribution in [0, 0.1) is 6.92 Å². The normalized spacial score (nSPS) is 11.6. The molecule has 0 saturated carbocycles. The molecule has 3 heterocycles. The predicted molar refractivity (Wildman–Crippen MR) is 73.5 cm³/mol.